The molecule has 3 N–H and O–H groups in total. The topological polar surface area (TPSA) is 86.5 Å². The van der Waals surface area contributed by atoms with Crippen LogP contribution in [0.3, 0.4) is 0 Å². The van der Waals surface area contributed by atoms with Crippen LogP contribution in [0.25, 0.3) is 0 Å². The van der Waals surface area contributed by atoms with Gasteiger partial charge in [0.05, 0.1) is 18.5 Å². The molecule has 1 rings (SSSR count). The Bertz CT molecular complexity index is 382. The minimum Gasteiger partial charge on any atom is -0.475 e. The first-order valence-electron chi connectivity index (χ1n) is 6.84. The molecule has 0 unspecified atom stereocenters. The number of amides is 1. The Labute approximate surface area is 119 Å². The molecule has 0 fully saturated rings. The molecule has 0 aliphatic heterocycles. The van der Waals surface area contributed by atoms with Gasteiger partial charge in [-0.15, -0.1) is 0 Å². The fourth-order valence-corrected chi connectivity index (χ4v) is 1.60. The van der Waals surface area contributed by atoms with Crippen molar-refractivity contribution in [3.05, 3.63) is 18.3 Å². The molecule has 112 valence electrons. The van der Waals surface area contributed by atoms with E-state index in [9.17, 15) is 4.79 Å². The highest BCUT2D eigenvalue weighted by Crippen LogP contribution is 2.12. The highest BCUT2D eigenvalue weighted by molar-refractivity contribution is 5.90. The van der Waals surface area contributed by atoms with Crippen molar-refractivity contribution in [3.63, 3.8) is 0 Å². The molecule has 0 aromatic carbocycles. The van der Waals surface area contributed by atoms with Gasteiger partial charge in [0.1, 0.15) is 6.61 Å². The van der Waals surface area contributed by atoms with Crippen molar-refractivity contribution in [1.82, 2.24) is 4.98 Å². The molecule has 0 bridgehead atoms. The minimum atomic E-state index is -0.00290. The van der Waals surface area contributed by atoms with Gasteiger partial charge in [-0.2, -0.15) is 0 Å². The van der Waals surface area contributed by atoms with Crippen LogP contribution in [0, 0.1) is 0 Å². The molecule has 1 aromatic heterocycles. The zero-order valence-corrected chi connectivity index (χ0v) is 11.9. The normalized spacial score (nSPS) is 10.3. The summed E-state index contributed by atoms with van der Waals surface area (Å²) < 4.78 is 10.2. The summed E-state index contributed by atoms with van der Waals surface area (Å²) in [6.45, 7) is 1.65. The molecule has 0 radical (unpaired) electrons. The highest BCUT2D eigenvalue weighted by Gasteiger charge is 2.03. The van der Waals surface area contributed by atoms with Crippen LogP contribution < -0.4 is 15.8 Å². The Morgan fingerprint density at radius 3 is 2.80 bits per heavy atom. The monoisotopic (exact) mass is 281 g/mol. The van der Waals surface area contributed by atoms with Crippen molar-refractivity contribution < 1.29 is 14.3 Å². The van der Waals surface area contributed by atoms with E-state index in [1.807, 2.05) is 0 Å². The average molecular weight is 281 g/mol. The number of hydrogen-bond donors (Lipinski definition) is 2. The van der Waals surface area contributed by atoms with E-state index in [0.717, 1.165) is 19.3 Å². The summed E-state index contributed by atoms with van der Waals surface area (Å²) in [7, 11) is 1.61. The van der Waals surface area contributed by atoms with Gasteiger partial charge in [-0.1, -0.05) is 6.42 Å². The van der Waals surface area contributed by atoms with Crippen molar-refractivity contribution in [3.8, 4) is 5.88 Å². The van der Waals surface area contributed by atoms with Gasteiger partial charge in [0.2, 0.25) is 11.8 Å². The standard InChI is InChI=1S/C14H23N3O3/c1-19-9-10-20-14-7-6-12(11-16-14)17-13(18)5-3-2-4-8-15/h6-7,11H,2-5,8-10,15H2,1H3,(H,17,18). The van der Waals surface area contributed by atoms with Gasteiger partial charge in [-0.25, -0.2) is 4.98 Å². The van der Waals surface area contributed by atoms with Crippen molar-refractivity contribution in [2.75, 3.05) is 32.2 Å². The van der Waals surface area contributed by atoms with Gasteiger partial charge in [0.15, 0.2) is 0 Å². The Kier molecular flexibility index (Phi) is 8.33. The lowest BCUT2D eigenvalue weighted by Gasteiger charge is -2.07. The number of rotatable bonds is 10. The summed E-state index contributed by atoms with van der Waals surface area (Å²) in [5.41, 5.74) is 6.07. The lowest BCUT2D eigenvalue weighted by Crippen LogP contribution is -2.12. The van der Waals surface area contributed by atoms with Crippen LogP contribution in [0.5, 0.6) is 5.88 Å². The predicted molar refractivity (Wildman–Crippen MR) is 77.8 cm³/mol. The van der Waals surface area contributed by atoms with Gasteiger partial charge in [-0.05, 0) is 25.5 Å². The number of nitrogens with zero attached hydrogens (tertiary/aromatic N) is 1. The number of methoxy groups -OCH3 is 1. The second kappa shape index (κ2) is 10.2. The summed E-state index contributed by atoms with van der Waals surface area (Å²) in [5.74, 6) is 0.514. The molecular weight excluding hydrogens is 258 g/mol. The fourth-order valence-electron chi connectivity index (χ4n) is 1.60. The molecule has 0 spiro atoms. The van der Waals surface area contributed by atoms with Crippen molar-refractivity contribution in [2.45, 2.75) is 25.7 Å². The van der Waals surface area contributed by atoms with Crippen LogP contribution in [0.4, 0.5) is 5.69 Å². The maximum atomic E-state index is 11.7. The van der Waals surface area contributed by atoms with Crippen LogP contribution in [0.2, 0.25) is 0 Å². The van der Waals surface area contributed by atoms with E-state index in [0.29, 0.717) is 37.7 Å². The predicted octanol–water partition coefficient (Wildman–Crippen LogP) is 1.56. The van der Waals surface area contributed by atoms with Gasteiger partial charge in [0, 0.05) is 19.6 Å². The van der Waals surface area contributed by atoms with E-state index in [-0.39, 0.29) is 5.91 Å². The van der Waals surface area contributed by atoms with E-state index in [2.05, 4.69) is 10.3 Å². The van der Waals surface area contributed by atoms with E-state index in [1.165, 1.54) is 0 Å². The summed E-state index contributed by atoms with van der Waals surface area (Å²) in [5, 5.41) is 2.80. The SMILES string of the molecule is COCCOc1ccc(NC(=O)CCCCCN)cn1. The highest BCUT2D eigenvalue weighted by atomic mass is 16.5. The second-order valence-corrected chi connectivity index (χ2v) is 4.37. The number of carbonyl (C=O) groups is 1. The number of nitrogens with one attached hydrogen (secondary N) is 1. The number of aromatic nitrogens is 1. The molecule has 0 saturated heterocycles. The average Bonchev–Trinajstić information content (AvgIpc) is 2.46. The number of carbonyl (C=O) groups excluding carboxylic acids is 1. The van der Waals surface area contributed by atoms with Crippen molar-refractivity contribution >= 4 is 11.6 Å². The molecule has 1 aromatic rings. The van der Waals surface area contributed by atoms with E-state index in [4.69, 9.17) is 15.2 Å². The van der Waals surface area contributed by atoms with Crippen molar-refractivity contribution in [1.29, 1.82) is 0 Å². The Balaban J connectivity index is 2.27. The van der Waals surface area contributed by atoms with Gasteiger partial charge in [0.25, 0.3) is 0 Å². The Hall–Kier alpha value is -1.66. The number of pyridine rings is 1. The molecule has 0 aliphatic carbocycles. The van der Waals surface area contributed by atoms with Gasteiger partial charge >= 0.3 is 0 Å². The number of ether oxygens (including phenoxy) is 2. The van der Waals surface area contributed by atoms with Crippen LogP contribution in [-0.2, 0) is 9.53 Å². The lowest BCUT2D eigenvalue weighted by atomic mass is 10.2. The van der Waals surface area contributed by atoms with Crippen LogP contribution in [-0.4, -0.2) is 37.8 Å². The first-order chi connectivity index (χ1) is 9.76. The Morgan fingerprint density at radius 1 is 1.30 bits per heavy atom. The molecule has 6 nitrogen and oxygen atoms in total. The second-order valence-electron chi connectivity index (χ2n) is 4.37. The van der Waals surface area contributed by atoms with Crippen LogP contribution >= 0.6 is 0 Å². The van der Waals surface area contributed by atoms with E-state index < -0.39 is 0 Å². The number of hydrogen-bond acceptors (Lipinski definition) is 5. The largest absolute Gasteiger partial charge is 0.475 e. The minimum absolute atomic E-state index is 0.00290. The van der Waals surface area contributed by atoms with Crippen LogP contribution in [0.1, 0.15) is 25.7 Å². The number of nitrogens with two attached hydrogens (primary N) is 1. The van der Waals surface area contributed by atoms with E-state index in [1.54, 1.807) is 25.4 Å². The third-order valence-electron chi connectivity index (χ3n) is 2.67. The molecule has 1 heterocycles. The Morgan fingerprint density at radius 2 is 2.15 bits per heavy atom. The van der Waals surface area contributed by atoms with Crippen molar-refractivity contribution in [2.24, 2.45) is 5.73 Å². The summed E-state index contributed by atoms with van der Waals surface area (Å²) >= 11 is 0. The summed E-state index contributed by atoms with van der Waals surface area (Å²) in [6.07, 6.45) is 4.89. The lowest BCUT2D eigenvalue weighted by molar-refractivity contribution is -0.116. The first kappa shape index (κ1) is 16.4. The smallest absolute Gasteiger partial charge is 0.224 e. The van der Waals surface area contributed by atoms with Crippen LogP contribution in [0.15, 0.2) is 18.3 Å². The molecule has 0 atom stereocenters. The maximum absolute atomic E-state index is 11.7. The maximum Gasteiger partial charge on any atom is 0.224 e. The zero-order chi connectivity index (χ0) is 14.6. The van der Waals surface area contributed by atoms with Gasteiger partial charge in [-0.3, -0.25) is 4.79 Å². The van der Waals surface area contributed by atoms with E-state index >= 15 is 0 Å². The molecular formula is C14H23N3O3. The molecule has 0 aliphatic rings. The molecule has 0 saturated carbocycles. The summed E-state index contributed by atoms with van der Waals surface area (Å²) in [4.78, 5) is 15.8. The third-order valence-corrected chi connectivity index (χ3v) is 2.67. The molecule has 1 amide bonds. The number of anilines is 1. The molecule has 20 heavy (non-hydrogen) atoms. The first-order valence-corrected chi connectivity index (χ1v) is 6.84. The number of unbranched alkanes of at least 4 members (excludes halogenated alkanes) is 2. The summed E-state index contributed by atoms with van der Waals surface area (Å²) in [6, 6.07) is 3.49. The van der Waals surface area contributed by atoms with Gasteiger partial charge < -0.3 is 20.5 Å². The zero-order valence-electron chi connectivity index (χ0n) is 11.9. The molecule has 6 heteroatoms. The fraction of sp³-hybridized carbons (Fsp3) is 0.571. The quantitative estimate of drug-likeness (QED) is 0.636. The third kappa shape index (κ3) is 7.06.